The quantitative estimate of drug-likeness (QED) is 0.571. The number of carbonyl (C=O) groups excluding carboxylic acids is 1. The summed E-state index contributed by atoms with van der Waals surface area (Å²) < 4.78 is 16.3. The van der Waals surface area contributed by atoms with Gasteiger partial charge in [0.15, 0.2) is 11.0 Å². The normalized spacial score (nSPS) is 14.6. The lowest BCUT2D eigenvalue weighted by Crippen LogP contribution is -2.23. The summed E-state index contributed by atoms with van der Waals surface area (Å²) in [5.74, 6) is 0.107. The smallest absolute Gasteiger partial charge is 0.237 e. The standard InChI is InChI=1S/C22H23FN4OS/c1-13-8-9-14(2)19(12-13)24-21(28)15(3)29-22-26-25-20(27(22)16-10-11-16)17-6-4-5-7-18(17)23/h4-9,12,15-16H,10-11H2,1-3H3,(H,24,28)/t15-/m0/s1. The number of hydrogen-bond acceptors (Lipinski definition) is 4. The van der Waals surface area contributed by atoms with Gasteiger partial charge in [-0.3, -0.25) is 9.36 Å². The third-order valence-electron chi connectivity index (χ3n) is 4.99. The number of amides is 1. The predicted octanol–water partition coefficient (Wildman–Crippen LogP) is 5.16. The second kappa shape index (κ2) is 7.99. The summed E-state index contributed by atoms with van der Waals surface area (Å²) in [5.41, 5.74) is 3.36. The fraction of sp³-hybridized carbons (Fsp3) is 0.318. The van der Waals surface area contributed by atoms with Crippen LogP contribution in [0, 0.1) is 19.7 Å². The van der Waals surface area contributed by atoms with Gasteiger partial charge in [0.1, 0.15) is 5.82 Å². The summed E-state index contributed by atoms with van der Waals surface area (Å²) in [5, 5.41) is 11.8. The number of carbonyl (C=O) groups is 1. The second-order valence-electron chi connectivity index (χ2n) is 7.45. The lowest BCUT2D eigenvalue weighted by molar-refractivity contribution is -0.115. The van der Waals surface area contributed by atoms with E-state index in [4.69, 9.17) is 0 Å². The first-order chi connectivity index (χ1) is 13.9. The van der Waals surface area contributed by atoms with Crippen LogP contribution in [0.2, 0.25) is 0 Å². The Kier molecular flexibility index (Phi) is 5.41. The fourth-order valence-corrected chi connectivity index (χ4v) is 4.08. The van der Waals surface area contributed by atoms with Gasteiger partial charge in [-0.15, -0.1) is 10.2 Å². The molecule has 3 aromatic rings. The minimum atomic E-state index is -0.370. The molecule has 1 amide bonds. The Morgan fingerprint density at radius 1 is 1.21 bits per heavy atom. The van der Waals surface area contributed by atoms with Crippen molar-refractivity contribution in [2.45, 2.75) is 50.1 Å². The van der Waals surface area contributed by atoms with Gasteiger partial charge in [-0.25, -0.2) is 4.39 Å². The number of halogens is 1. The molecule has 1 saturated carbocycles. The maximum Gasteiger partial charge on any atom is 0.237 e. The molecule has 4 rings (SSSR count). The number of anilines is 1. The molecule has 1 atom stereocenters. The lowest BCUT2D eigenvalue weighted by Gasteiger charge is -2.15. The molecule has 1 aromatic heterocycles. The lowest BCUT2D eigenvalue weighted by atomic mass is 10.1. The number of aryl methyl sites for hydroxylation is 2. The van der Waals surface area contributed by atoms with E-state index in [1.54, 1.807) is 18.2 Å². The van der Waals surface area contributed by atoms with Crippen molar-refractivity contribution in [3.63, 3.8) is 0 Å². The number of nitrogens with zero attached hydrogens (tertiary/aromatic N) is 3. The molecule has 1 aliphatic rings. The van der Waals surface area contributed by atoms with E-state index in [-0.39, 0.29) is 23.0 Å². The molecule has 1 N–H and O–H groups in total. The van der Waals surface area contributed by atoms with E-state index in [0.717, 1.165) is 29.7 Å². The van der Waals surface area contributed by atoms with E-state index >= 15 is 0 Å². The van der Waals surface area contributed by atoms with Gasteiger partial charge in [0.25, 0.3) is 0 Å². The first-order valence-electron chi connectivity index (χ1n) is 9.68. The molecule has 2 aromatic carbocycles. The molecule has 5 nitrogen and oxygen atoms in total. The Labute approximate surface area is 173 Å². The van der Waals surface area contributed by atoms with Crippen LogP contribution in [-0.2, 0) is 4.79 Å². The van der Waals surface area contributed by atoms with E-state index in [9.17, 15) is 9.18 Å². The summed E-state index contributed by atoms with van der Waals surface area (Å²) >= 11 is 1.35. The van der Waals surface area contributed by atoms with Crippen LogP contribution in [0.4, 0.5) is 10.1 Å². The number of nitrogens with one attached hydrogen (secondary N) is 1. The van der Waals surface area contributed by atoms with Crippen LogP contribution in [0.5, 0.6) is 0 Å². The van der Waals surface area contributed by atoms with Gasteiger partial charge in [0.05, 0.1) is 10.8 Å². The molecule has 0 bridgehead atoms. The molecule has 1 heterocycles. The van der Waals surface area contributed by atoms with Crippen LogP contribution < -0.4 is 5.32 Å². The van der Waals surface area contributed by atoms with E-state index in [1.807, 2.05) is 43.5 Å². The first-order valence-corrected chi connectivity index (χ1v) is 10.6. The van der Waals surface area contributed by atoms with Crippen LogP contribution in [0.25, 0.3) is 11.4 Å². The highest BCUT2D eigenvalue weighted by Crippen LogP contribution is 2.42. The van der Waals surface area contributed by atoms with Crippen molar-refractivity contribution in [2.75, 3.05) is 5.32 Å². The highest BCUT2D eigenvalue weighted by molar-refractivity contribution is 8.00. The molecule has 7 heteroatoms. The zero-order chi connectivity index (χ0) is 20.5. The second-order valence-corrected chi connectivity index (χ2v) is 8.76. The van der Waals surface area contributed by atoms with E-state index in [2.05, 4.69) is 15.5 Å². The SMILES string of the molecule is Cc1ccc(C)c(NC(=O)[C@H](C)Sc2nnc(-c3ccccc3F)n2C2CC2)c1. The minimum Gasteiger partial charge on any atom is -0.325 e. The molecule has 29 heavy (non-hydrogen) atoms. The van der Waals surface area contributed by atoms with E-state index < -0.39 is 0 Å². The Morgan fingerprint density at radius 2 is 1.97 bits per heavy atom. The Hall–Kier alpha value is -2.67. The van der Waals surface area contributed by atoms with Gasteiger partial charge >= 0.3 is 0 Å². The average Bonchev–Trinajstić information content (AvgIpc) is 3.45. The first kappa shape index (κ1) is 19.6. The zero-order valence-corrected chi connectivity index (χ0v) is 17.5. The van der Waals surface area contributed by atoms with Crippen LogP contribution in [0.15, 0.2) is 47.6 Å². The topological polar surface area (TPSA) is 59.8 Å². The van der Waals surface area contributed by atoms with Gasteiger partial charge in [0.2, 0.25) is 5.91 Å². The van der Waals surface area contributed by atoms with Crippen molar-refractivity contribution in [3.8, 4) is 11.4 Å². The fourth-order valence-electron chi connectivity index (χ4n) is 3.16. The number of thioether (sulfide) groups is 1. The van der Waals surface area contributed by atoms with Gasteiger partial charge < -0.3 is 5.32 Å². The summed E-state index contributed by atoms with van der Waals surface area (Å²) in [4.78, 5) is 12.8. The van der Waals surface area contributed by atoms with Crippen molar-refractivity contribution in [1.29, 1.82) is 0 Å². The molecule has 1 aliphatic carbocycles. The van der Waals surface area contributed by atoms with Crippen molar-refractivity contribution in [3.05, 3.63) is 59.4 Å². The van der Waals surface area contributed by atoms with E-state index in [1.165, 1.54) is 17.8 Å². The van der Waals surface area contributed by atoms with Gasteiger partial charge in [-0.2, -0.15) is 0 Å². The van der Waals surface area contributed by atoms with Crippen LogP contribution in [0.3, 0.4) is 0 Å². The Balaban J connectivity index is 1.55. The van der Waals surface area contributed by atoms with E-state index in [0.29, 0.717) is 16.5 Å². The largest absolute Gasteiger partial charge is 0.325 e. The number of rotatable bonds is 6. The van der Waals surface area contributed by atoms with Crippen molar-refractivity contribution in [1.82, 2.24) is 14.8 Å². The number of hydrogen-bond donors (Lipinski definition) is 1. The van der Waals surface area contributed by atoms with Crippen LogP contribution in [-0.4, -0.2) is 25.9 Å². The third kappa shape index (κ3) is 4.19. The third-order valence-corrected chi connectivity index (χ3v) is 6.05. The highest BCUT2D eigenvalue weighted by atomic mass is 32.2. The Bertz CT molecular complexity index is 1060. The molecule has 0 aliphatic heterocycles. The molecule has 150 valence electrons. The number of aromatic nitrogens is 3. The maximum absolute atomic E-state index is 14.3. The summed E-state index contributed by atoms with van der Waals surface area (Å²) in [6.07, 6.45) is 2.02. The number of benzene rings is 2. The molecule has 1 fully saturated rings. The average molecular weight is 411 g/mol. The molecular weight excluding hydrogens is 387 g/mol. The van der Waals surface area contributed by atoms with Crippen LogP contribution >= 0.6 is 11.8 Å². The van der Waals surface area contributed by atoms with Crippen molar-refractivity contribution in [2.24, 2.45) is 0 Å². The predicted molar refractivity (Wildman–Crippen MR) is 114 cm³/mol. The monoisotopic (exact) mass is 410 g/mol. The Morgan fingerprint density at radius 3 is 2.69 bits per heavy atom. The highest BCUT2D eigenvalue weighted by Gasteiger charge is 2.32. The van der Waals surface area contributed by atoms with Crippen molar-refractivity contribution < 1.29 is 9.18 Å². The summed E-state index contributed by atoms with van der Waals surface area (Å²) in [6.45, 7) is 5.81. The summed E-state index contributed by atoms with van der Waals surface area (Å²) in [7, 11) is 0. The molecule has 0 saturated heterocycles. The van der Waals surface area contributed by atoms with Gasteiger partial charge in [0, 0.05) is 11.7 Å². The minimum absolute atomic E-state index is 0.0958. The summed E-state index contributed by atoms with van der Waals surface area (Å²) in [6, 6.07) is 12.8. The zero-order valence-electron chi connectivity index (χ0n) is 16.6. The van der Waals surface area contributed by atoms with Crippen molar-refractivity contribution >= 4 is 23.4 Å². The maximum atomic E-state index is 14.3. The van der Waals surface area contributed by atoms with Gasteiger partial charge in [-0.05, 0) is 62.9 Å². The molecular formula is C22H23FN4OS. The molecule has 0 radical (unpaired) electrons. The molecule has 0 unspecified atom stereocenters. The van der Waals surface area contributed by atoms with Gasteiger partial charge in [-0.1, -0.05) is 36.0 Å². The molecule has 0 spiro atoms. The van der Waals surface area contributed by atoms with Crippen LogP contribution in [0.1, 0.15) is 36.9 Å².